The number of rotatable bonds is 5. The summed E-state index contributed by atoms with van der Waals surface area (Å²) in [4.78, 5) is 42.1. The number of carbonyl (C=O) groups is 2. The Morgan fingerprint density at radius 3 is 2.57 bits per heavy atom. The molecule has 1 unspecified atom stereocenters. The van der Waals surface area contributed by atoms with Crippen LogP contribution in [0, 0.1) is 5.92 Å². The van der Waals surface area contributed by atoms with Gasteiger partial charge in [-0.25, -0.2) is 0 Å². The van der Waals surface area contributed by atoms with Gasteiger partial charge in [-0.2, -0.15) is 0 Å². The number of hydrogen-bond donors (Lipinski definition) is 2. The Balaban J connectivity index is 1.42. The van der Waals surface area contributed by atoms with E-state index >= 15 is 0 Å². The number of likely N-dealkylation sites (tertiary alicyclic amines) is 1. The van der Waals surface area contributed by atoms with Crippen molar-refractivity contribution in [3.8, 4) is 0 Å². The minimum atomic E-state index is -0.273. The van der Waals surface area contributed by atoms with E-state index in [2.05, 4.69) is 10.3 Å². The monoisotopic (exact) mass is 382 g/mol. The van der Waals surface area contributed by atoms with Gasteiger partial charge in [0.1, 0.15) is 6.04 Å². The van der Waals surface area contributed by atoms with Crippen LogP contribution < -0.4 is 10.9 Å². The van der Waals surface area contributed by atoms with E-state index in [-0.39, 0.29) is 35.4 Å². The summed E-state index contributed by atoms with van der Waals surface area (Å²) in [5.74, 6) is 0.313. The van der Waals surface area contributed by atoms with Gasteiger partial charge in [0.25, 0.3) is 5.91 Å². The van der Waals surface area contributed by atoms with Crippen LogP contribution in [0.4, 0.5) is 0 Å². The molecule has 7 nitrogen and oxygen atoms in total. The minimum Gasteiger partial charge on any atom is -0.347 e. The Morgan fingerprint density at radius 2 is 1.89 bits per heavy atom. The van der Waals surface area contributed by atoms with Crippen molar-refractivity contribution in [2.24, 2.45) is 5.92 Å². The van der Waals surface area contributed by atoms with Gasteiger partial charge in [-0.15, -0.1) is 0 Å². The number of pyridine rings is 1. The highest BCUT2D eigenvalue weighted by Crippen LogP contribution is 2.38. The summed E-state index contributed by atoms with van der Waals surface area (Å²) in [6.45, 7) is 5.01. The van der Waals surface area contributed by atoms with Gasteiger partial charge in [0, 0.05) is 42.8 Å². The topological polar surface area (TPSA) is 87.2 Å². The molecule has 1 aliphatic heterocycles. The molecule has 3 heterocycles. The van der Waals surface area contributed by atoms with Crippen LogP contribution >= 0.6 is 0 Å². The SMILES string of the molecule is CC(C(=O)N1C[C@@H](C)[C@H](NC(=O)c2cc(C3CC3)[nH]c(=O)c2)C1)n1cccc1. The number of aromatic amines is 1. The fraction of sp³-hybridized carbons (Fsp3) is 0.476. The molecule has 1 saturated heterocycles. The van der Waals surface area contributed by atoms with Crippen LogP contribution in [-0.2, 0) is 4.79 Å². The van der Waals surface area contributed by atoms with E-state index in [0.29, 0.717) is 24.6 Å². The molecule has 2 aromatic rings. The molecule has 2 aliphatic rings. The molecule has 1 saturated carbocycles. The number of nitrogens with one attached hydrogen (secondary N) is 2. The van der Waals surface area contributed by atoms with Crippen LogP contribution in [0.2, 0.25) is 0 Å². The molecule has 2 aromatic heterocycles. The van der Waals surface area contributed by atoms with E-state index in [9.17, 15) is 14.4 Å². The Hall–Kier alpha value is -2.83. The van der Waals surface area contributed by atoms with Crippen LogP contribution in [0.15, 0.2) is 41.5 Å². The van der Waals surface area contributed by atoms with Gasteiger partial charge in [-0.05, 0) is 49.8 Å². The van der Waals surface area contributed by atoms with Crippen LogP contribution in [0.1, 0.15) is 54.7 Å². The average Bonchev–Trinajstić information content (AvgIpc) is 3.26. The first-order valence-corrected chi connectivity index (χ1v) is 9.88. The van der Waals surface area contributed by atoms with Crippen LogP contribution in [-0.4, -0.2) is 45.4 Å². The smallest absolute Gasteiger partial charge is 0.251 e. The predicted octanol–water partition coefficient (Wildman–Crippen LogP) is 1.89. The zero-order chi connectivity index (χ0) is 19.8. The first-order chi connectivity index (χ1) is 13.4. The van der Waals surface area contributed by atoms with Crippen LogP contribution in [0.5, 0.6) is 0 Å². The third-order valence-electron chi connectivity index (χ3n) is 5.82. The third kappa shape index (κ3) is 3.74. The summed E-state index contributed by atoms with van der Waals surface area (Å²) >= 11 is 0. The van der Waals surface area contributed by atoms with E-state index in [0.717, 1.165) is 18.5 Å². The summed E-state index contributed by atoms with van der Waals surface area (Å²) in [6, 6.07) is 6.53. The van der Waals surface area contributed by atoms with Gasteiger partial charge < -0.3 is 19.8 Å². The van der Waals surface area contributed by atoms with Crippen molar-refractivity contribution in [1.29, 1.82) is 0 Å². The molecule has 0 spiro atoms. The molecule has 0 radical (unpaired) electrons. The second kappa shape index (κ2) is 7.30. The molecule has 0 bridgehead atoms. The van der Waals surface area contributed by atoms with Crippen molar-refractivity contribution in [3.05, 3.63) is 58.3 Å². The molecule has 2 amide bonds. The first-order valence-electron chi connectivity index (χ1n) is 9.88. The first kappa shape index (κ1) is 18.5. The molecule has 28 heavy (non-hydrogen) atoms. The van der Waals surface area contributed by atoms with Crippen molar-refractivity contribution >= 4 is 11.8 Å². The lowest BCUT2D eigenvalue weighted by Gasteiger charge is -2.22. The van der Waals surface area contributed by atoms with Gasteiger partial charge in [0.05, 0.1) is 6.04 Å². The fourth-order valence-corrected chi connectivity index (χ4v) is 3.89. The largest absolute Gasteiger partial charge is 0.347 e. The summed E-state index contributed by atoms with van der Waals surface area (Å²) in [5, 5.41) is 3.02. The lowest BCUT2D eigenvalue weighted by Crippen LogP contribution is -2.41. The van der Waals surface area contributed by atoms with Gasteiger partial charge >= 0.3 is 0 Å². The van der Waals surface area contributed by atoms with E-state index < -0.39 is 0 Å². The lowest BCUT2D eigenvalue weighted by molar-refractivity contribution is -0.133. The van der Waals surface area contributed by atoms with Gasteiger partial charge in [0.2, 0.25) is 11.5 Å². The third-order valence-corrected chi connectivity index (χ3v) is 5.82. The number of nitrogens with zero attached hydrogens (tertiary/aromatic N) is 2. The Labute approximate surface area is 163 Å². The average molecular weight is 382 g/mol. The molecular formula is C21H26N4O3. The van der Waals surface area contributed by atoms with Crippen molar-refractivity contribution in [2.75, 3.05) is 13.1 Å². The molecule has 0 aromatic carbocycles. The van der Waals surface area contributed by atoms with Gasteiger partial charge in [-0.1, -0.05) is 6.92 Å². The van der Waals surface area contributed by atoms with Crippen molar-refractivity contribution in [3.63, 3.8) is 0 Å². The molecule has 3 atom stereocenters. The Bertz CT molecular complexity index is 929. The van der Waals surface area contributed by atoms with Crippen molar-refractivity contribution in [2.45, 2.75) is 44.7 Å². The quantitative estimate of drug-likeness (QED) is 0.828. The van der Waals surface area contributed by atoms with Gasteiger partial charge in [0.15, 0.2) is 0 Å². The highest BCUT2D eigenvalue weighted by Gasteiger charge is 2.35. The maximum Gasteiger partial charge on any atom is 0.251 e. The molecule has 148 valence electrons. The van der Waals surface area contributed by atoms with E-state index in [4.69, 9.17) is 0 Å². The molecular weight excluding hydrogens is 356 g/mol. The highest BCUT2D eigenvalue weighted by molar-refractivity contribution is 5.94. The molecule has 7 heteroatoms. The number of hydrogen-bond acceptors (Lipinski definition) is 3. The molecule has 4 rings (SSSR count). The lowest BCUT2D eigenvalue weighted by atomic mass is 10.1. The fourth-order valence-electron chi connectivity index (χ4n) is 3.89. The van der Waals surface area contributed by atoms with E-state index in [1.165, 1.54) is 6.07 Å². The normalized spacial score (nSPS) is 22.9. The predicted molar refractivity (Wildman–Crippen MR) is 105 cm³/mol. The number of amides is 2. The summed E-state index contributed by atoms with van der Waals surface area (Å²) in [6.07, 6.45) is 5.87. The summed E-state index contributed by atoms with van der Waals surface area (Å²) in [7, 11) is 0. The second-order valence-corrected chi connectivity index (χ2v) is 8.07. The molecule has 1 aliphatic carbocycles. The van der Waals surface area contributed by atoms with Crippen LogP contribution in [0.3, 0.4) is 0 Å². The molecule has 2 N–H and O–H groups in total. The Morgan fingerprint density at radius 1 is 1.18 bits per heavy atom. The summed E-state index contributed by atoms with van der Waals surface area (Å²) < 4.78 is 1.88. The van der Waals surface area contributed by atoms with Gasteiger partial charge in [-0.3, -0.25) is 14.4 Å². The van der Waals surface area contributed by atoms with Crippen LogP contribution in [0.25, 0.3) is 0 Å². The number of aromatic nitrogens is 2. The maximum absolute atomic E-state index is 12.8. The number of carbonyl (C=O) groups excluding carboxylic acids is 2. The van der Waals surface area contributed by atoms with Crippen molar-refractivity contribution in [1.82, 2.24) is 19.8 Å². The Kier molecular flexibility index (Phi) is 4.83. The summed E-state index contributed by atoms with van der Waals surface area (Å²) in [5.41, 5.74) is 0.990. The standard InChI is InChI=1S/C21H26N4O3/c1-13-11-25(21(28)14(2)24-7-3-4-8-24)12-18(13)23-20(27)16-9-17(15-5-6-15)22-19(26)10-16/h3-4,7-10,13-15,18H,5-6,11-12H2,1-2H3,(H,22,26)(H,23,27)/t13-,14?,18-/m1/s1. The zero-order valence-electron chi connectivity index (χ0n) is 16.2. The zero-order valence-corrected chi connectivity index (χ0v) is 16.2. The maximum atomic E-state index is 12.8. The number of H-pyrrole nitrogens is 1. The molecule has 2 fully saturated rings. The second-order valence-electron chi connectivity index (χ2n) is 8.07. The van der Waals surface area contributed by atoms with E-state index in [1.54, 1.807) is 6.07 Å². The minimum absolute atomic E-state index is 0.0481. The highest BCUT2D eigenvalue weighted by atomic mass is 16.2. The van der Waals surface area contributed by atoms with E-state index in [1.807, 2.05) is 47.8 Å². The van der Waals surface area contributed by atoms with Crippen molar-refractivity contribution < 1.29 is 9.59 Å².